The lowest BCUT2D eigenvalue weighted by atomic mass is 9.87. The maximum Gasteiger partial charge on any atom is 0.317 e. The molecule has 1 aromatic carbocycles. The van der Waals surface area contributed by atoms with Crippen LogP contribution >= 0.6 is 12.4 Å². The molecule has 1 aromatic rings. The monoisotopic (exact) mass is 425 g/mol. The summed E-state index contributed by atoms with van der Waals surface area (Å²) in [5, 5.41) is 29.7. The third-order valence-corrected chi connectivity index (χ3v) is 5.65. The number of hydrogen-bond acceptors (Lipinski definition) is 6. The number of nitrogen functional groups attached to an aromatic ring is 1. The van der Waals surface area contributed by atoms with Gasteiger partial charge >= 0.3 is 11.9 Å². The Balaban J connectivity index is 0.00000300. The standard InChI is InChI=1S/C19H27N5O4.ClH/c20-18(21)13-3-1-12(2-4-13)16-9-22-6-8-24(16)15-5-7-23(11-17(25)26)10-14(15)19(27)28;/h1-4,14-16,22H,5-11H2,(H3,20,21)(H,25,26)(H,27,28);1H. The largest absolute Gasteiger partial charge is 0.481 e. The van der Waals surface area contributed by atoms with Gasteiger partial charge < -0.3 is 21.3 Å². The Bertz CT molecular complexity index is 745. The average molecular weight is 426 g/mol. The zero-order chi connectivity index (χ0) is 20.3. The topological polar surface area (TPSA) is 143 Å². The van der Waals surface area contributed by atoms with E-state index in [1.165, 1.54) is 0 Å². The first-order valence-corrected chi connectivity index (χ1v) is 9.44. The third-order valence-electron chi connectivity index (χ3n) is 5.65. The molecule has 10 heteroatoms. The number of piperazine rings is 1. The molecule has 2 fully saturated rings. The van der Waals surface area contributed by atoms with Crippen molar-refractivity contribution in [1.82, 2.24) is 15.1 Å². The number of hydrogen-bond donors (Lipinski definition) is 5. The fourth-order valence-electron chi connectivity index (χ4n) is 4.29. The maximum atomic E-state index is 11.9. The van der Waals surface area contributed by atoms with Gasteiger partial charge in [-0.05, 0) is 12.0 Å². The van der Waals surface area contributed by atoms with Crippen molar-refractivity contribution in [3.63, 3.8) is 0 Å². The minimum absolute atomic E-state index is 0. The molecule has 0 bridgehead atoms. The van der Waals surface area contributed by atoms with Crippen LogP contribution in [0.4, 0.5) is 0 Å². The summed E-state index contributed by atoms with van der Waals surface area (Å²) in [5.41, 5.74) is 7.24. The number of piperidine rings is 1. The van der Waals surface area contributed by atoms with Gasteiger partial charge in [-0.3, -0.25) is 24.8 Å². The van der Waals surface area contributed by atoms with Crippen LogP contribution in [0.5, 0.6) is 0 Å². The van der Waals surface area contributed by atoms with E-state index in [9.17, 15) is 14.7 Å². The summed E-state index contributed by atoms with van der Waals surface area (Å²) in [6, 6.07) is 7.38. The first kappa shape index (κ1) is 23.1. The molecule has 0 saturated carbocycles. The number of nitrogens with two attached hydrogens (primary N) is 1. The minimum Gasteiger partial charge on any atom is -0.481 e. The highest BCUT2D eigenvalue weighted by atomic mass is 35.5. The molecule has 0 aliphatic carbocycles. The highest BCUT2D eigenvalue weighted by molar-refractivity contribution is 5.94. The summed E-state index contributed by atoms with van der Waals surface area (Å²) >= 11 is 0. The molecule has 160 valence electrons. The molecule has 3 unspecified atom stereocenters. The van der Waals surface area contributed by atoms with Gasteiger partial charge in [0, 0.05) is 50.4 Å². The molecule has 6 N–H and O–H groups in total. The number of rotatable bonds is 6. The number of carbonyl (C=O) groups is 2. The second-order valence-electron chi connectivity index (χ2n) is 7.42. The van der Waals surface area contributed by atoms with Crippen LogP contribution in [-0.4, -0.2) is 83.1 Å². The van der Waals surface area contributed by atoms with Crippen LogP contribution in [0, 0.1) is 11.3 Å². The molecular weight excluding hydrogens is 398 g/mol. The zero-order valence-electron chi connectivity index (χ0n) is 16.1. The number of nitrogens with zero attached hydrogens (tertiary/aromatic N) is 2. The van der Waals surface area contributed by atoms with Crippen molar-refractivity contribution in [1.29, 1.82) is 5.41 Å². The van der Waals surface area contributed by atoms with Crippen LogP contribution in [0.25, 0.3) is 0 Å². The second-order valence-corrected chi connectivity index (χ2v) is 7.42. The molecule has 2 saturated heterocycles. The van der Waals surface area contributed by atoms with E-state index in [4.69, 9.17) is 16.2 Å². The van der Waals surface area contributed by atoms with Crippen LogP contribution in [0.3, 0.4) is 0 Å². The minimum atomic E-state index is -0.937. The van der Waals surface area contributed by atoms with Gasteiger partial charge in [0.2, 0.25) is 0 Å². The van der Waals surface area contributed by atoms with Crippen molar-refractivity contribution in [3.8, 4) is 0 Å². The smallest absolute Gasteiger partial charge is 0.317 e. The van der Waals surface area contributed by atoms with Gasteiger partial charge in [-0.15, -0.1) is 12.4 Å². The van der Waals surface area contributed by atoms with Crippen molar-refractivity contribution >= 4 is 30.2 Å². The van der Waals surface area contributed by atoms with Gasteiger partial charge in [0.15, 0.2) is 0 Å². The normalized spacial score (nSPS) is 25.7. The lowest BCUT2D eigenvalue weighted by Crippen LogP contribution is -2.59. The highest BCUT2D eigenvalue weighted by Gasteiger charge is 2.41. The van der Waals surface area contributed by atoms with E-state index >= 15 is 0 Å². The predicted octanol–water partition coefficient (Wildman–Crippen LogP) is 0.198. The molecule has 2 aliphatic rings. The van der Waals surface area contributed by atoms with Crippen LogP contribution in [0.1, 0.15) is 23.6 Å². The molecule has 0 spiro atoms. The van der Waals surface area contributed by atoms with Crippen molar-refractivity contribution in [2.24, 2.45) is 11.7 Å². The molecule has 2 aliphatic heterocycles. The van der Waals surface area contributed by atoms with Gasteiger partial charge in [-0.25, -0.2) is 0 Å². The molecule has 3 rings (SSSR count). The molecule has 0 radical (unpaired) electrons. The van der Waals surface area contributed by atoms with Crippen molar-refractivity contribution in [3.05, 3.63) is 35.4 Å². The first-order chi connectivity index (χ1) is 13.4. The number of halogens is 1. The summed E-state index contributed by atoms with van der Waals surface area (Å²) in [6.07, 6.45) is 0.617. The van der Waals surface area contributed by atoms with E-state index in [1.54, 1.807) is 4.90 Å². The number of nitrogens with one attached hydrogen (secondary N) is 2. The highest BCUT2D eigenvalue weighted by Crippen LogP contribution is 2.31. The second kappa shape index (κ2) is 10.0. The van der Waals surface area contributed by atoms with E-state index in [1.807, 2.05) is 24.3 Å². The molecule has 3 atom stereocenters. The number of likely N-dealkylation sites (tertiary alicyclic amines) is 1. The van der Waals surface area contributed by atoms with Crippen LogP contribution in [0.2, 0.25) is 0 Å². The zero-order valence-corrected chi connectivity index (χ0v) is 16.9. The molecule has 29 heavy (non-hydrogen) atoms. The fraction of sp³-hybridized carbons (Fsp3) is 0.526. The molecule has 9 nitrogen and oxygen atoms in total. The van der Waals surface area contributed by atoms with E-state index in [2.05, 4.69) is 10.2 Å². The number of carboxylic acids is 2. The van der Waals surface area contributed by atoms with Gasteiger partial charge in [-0.2, -0.15) is 0 Å². The number of benzene rings is 1. The average Bonchev–Trinajstić information content (AvgIpc) is 2.67. The molecule has 0 aromatic heterocycles. The lowest BCUT2D eigenvalue weighted by molar-refractivity contribution is -0.150. The van der Waals surface area contributed by atoms with Gasteiger partial charge in [0.05, 0.1) is 12.5 Å². The Hall–Kier alpha value is -2.20. The summed E-state index contributed by atoms with van der Waals surface area (Å²) in [4.78, 5) is 26.9. The number of amidine groups is 1. The summed E-state index contributed by atoms with van der Waals surface area (Å²) < 4.78 is 0. The van der Waals surface area contributed by atoms with E-state index in [0.717, 1.165) is 18.7 Å². The summed E-state index contributed by atoms with van der Waals surface area (Å²) in [7, 11) is 0. The van der Waals surface area contributed by atoms with E-state index in [-0.39, 0.29) is 43.4 Å². The van der Waals surface area contributed by atoms with Crippen molar-refractivity contribution in [2.75, 3.05) is 39.3 Å². The molecule has 0 amide bonds. The number of aliphatic carboxylic acids is 2. The Morgan fingerprint density at radius 3 is 2.48 bits per heavy atom. The summed E-state index contributed by atoms with van der Waals surface area (Å²) in [5.74, 6) is -2.44. The Kier molecular flexibility index (Phi) is 7.97. The van der Waals surface area contributed by atoms with Crippen LogP contribution < -0.4 is 11.1 Å². The fourth-order valence-corrected chi connectivity index (χ4v) is 4.29. The molecule has 2 heterocycles. The van der Waals surface area contributed by atoms with Gasteiger partial charge in [0.1, 0.15) is 5.84 Å². The van der Waals surface area contributed by atoms with Gasteiger partial charge in [-0.1, -0.05) is 24.3 Å². The van der Waals surface area contributed by atoms with Crippen molar-refractivity contribution in [2.45, 2.75) is 18.5 Å². The predicted molar refractivity (Wildman–Crippen MR) is 111 cm³/mol. The van der Waals surface area contributed by atoms with E-state index in [0.29, 0.717) is 25.1 Å². The third kappa shape index (κ3) is 5.45. The Labute approximate surface area is 175 Å². The van der Waals surface area contributed by atoms with Crippen LogP contribution in [0.15, 0.2) is 24.3 Å². The lowest BCUT2D eigenvalue weighted by Gasteiger charge is -2.47. The van der Waals surface area contributed by atoms with Crippen molar-refractivity contribution < 1.29 is 19.8 Å². The molecular formula is C19H28ClN5O4. The first-order valence-electron chi connectivity index (χ1n) is 9.44. The summed E-state index contributed by atoms with van der Waals surface area (Å²) in [6.45, 7) is 2.90. The van der Waals surface area contributed by atoms with Crippen LogP contribution in [-0.2, 0) is 9.59 Å². The van der Waals surface area contributed by atoms with Gasteiger partial charge in [0.25, 0.3) is 0 Å². The Morgan fingerprint density at radius 1 is 1.21 bits per heavy atom. The SMILES string of the molecule is Cl.N=C(N)c1ccc(C2CNCCN2C2CCN(CC(=O)O)CC2C(=O)O)cc1. The van der Waals surface area contributed by atoms with E-state index < -0.39 is 17.9 Å². The number of carboxylic acid groups (broad SMARTS) is 2. The maximum absolute atomic E-state index is 11.9. The Morgan fingerprint density at radius 2 is 1.90 bits per heavy atom. The quantitative estimate of drug-likeness (QED) is 0.321.